The van der Waals surface area contributed by atoms with Crippen molar-refractivity contribution in [1.82, 2.24) is 10.2 Å². The predicted molar refractivity (Wildman–Crippen MR) is 128 cm³/mol. The van der Waals surface area contributed by atoms with Crippen LogP contribution in [0.3, 0.4) is 0 Å². The standard InChI is InChI=1S/C25H30Cl2N2O3/c1-16-11-17(2)13-20(12-16)32-15-24(30)29(14-21-22(26)9-6-10-23(21)27)18(3)25(31)28-19-7-4-5-8-19/h6,9-13,18-19H,4-5,7-8,14-15H2,1-3H3,(H,28,31)/t18-/m1/s1. The van der Waals surface area contributed by atoms with Crippen LogP contribution in [0.2, 0.25) is 10.0 Å². The van der Waals surface area contributed by atoms with Crippen LogP contribution in [0.4, 0.5) is 0 Å². The highest BCUT2D eigenvalue weighted by molar-refractivity contribution is 6.36. The van der Waals surface area contributed by atoms with Crippen LogP contribution in [0.25, 0.3) is 0 Å². The van der Waals surface area contributed by atoms with E-state index < -0.39 is 6.04 Å². The Hall–Kier alpha value is -2.24. The van der Waals surface area contributed by atoms with E-state index in [9.17, 15) is 9.59 Å². The van der Waals surface area contributed by atoms with Gasteiger partial charge in [0.05, 0.1) is 0 Å². The zero-order valence-corrected chi connectivity index (χ0v) is 20.3. The van der Waals surface area contributed by atoms with Gasteiger partial charge in [0.2, 0.25) is 5.91 Å². The molecule has 0 radical (unpaired) electrons. The van der Waals surface area contributed by atoms with Gasteiger partial charge in [-0.1, -0.05) is 48.2 Å². The van der Waals surface area contributed by atoms with Crippen molar-refractivity contribution in [3.8, 4) is 5.75 Å². The molecule has 0 heterocycles. The van der Waals surface area contributed by atoms with E-state index in [1.165, 1.54) is 4.90 Å². The summed E-state index contributed by atoms with van der Waals surface area (Å²) >= 11 is 12.7. The number of hydrogen-bond donors (Lipinski definition) is 1. The maximum atomic E-state index is 13.2. The Kier molecular flexibility index (Phi) is 8.44. The molecule has 0 bridgehead atoms. The van der Waals surface area contributed by atoms with E-state index >= 15 is 0 Å². The summed E-state index contributed by atoms with van der Waals surface area (Å²) in [6, 6.07) is 10.5. The number of rotatable bonds is 8. The van der Waals surface area contributed by atoms with Crippen LogP contribution in [0.5, 0.6) is 5.75 Å². The van der Waals surface area contributed by atoms with E-state index in [0.29, 0.717) is 21.4 Å². The summed E-state index contributed by atoms with van der Waals surface area (Å²) in [5.41, 5.74) is 2.71. The second kappa shape index (κ2) is 11.1. The van der Waals surface area contributed by atoms with E-state index in [1.807, 2.05) is 32.0 Å². The lowest BCUT2D eigenvalue weighted by Crippen LogP contribution is -2.50. The molecule has 0 saturated heterocycles. The molecule has 2 aromatic rings. The maximum Gasteiger partial charge on any atom is 0.261 e. The fourth-order valence-corrected chi connectivity index (χ4v) is 4.59. The van der Waals surface area contributed by atoms with Crippen molar-refractivity contribution in [2.75, 3.05) is 6.61 Å². The minimum absolute atomic E-state index is 0.118. The van der Waals surface area contributed by atoms with Gasteiger partial charge in [-0.2, -0.15) is 0 Å². The Morgan fingerprint density at radius 3 is 2.28 bits per heavy atom. The monoisotopic (exact) mass is 476 g/mol. The molecule has 172 valence electrons. The molecule has 0 spiro atoms. The van der Waals surface area contributed by atoms with Crippen LogP contribution in [0.15, 0.2) is 36.4 Å². The summed E-state index contributed by atoms with van der Waals surface area (Å²) in [5.74, 6) is 0.128. The van der Waals surface area contributed by atoms with Crippen LogP contribution in [0, 0.1) is 13.8 Å². The topological polar surface area (TPSA) is 58.6 Å². The highest BCUT2D eigenvalue weighted by atomic mass is 35.5. The van der Waals surface area contributed by atoms with Crippen molar-refractivity contribution in [2.45, 2.75) is 65.1 Å². The third kappa shape index (κ3) is 6.39. The zero-order chi connectivity index (χ0) is 23.3. The average Bonchev–Trinajstić information content (AvgIpc) is 3.24. The first-order chi connectivity index (χ1) is 15.2. The molecule has 1 atom stereocenters. The molecular formula is C25H30Cl2N2O3. The molecule has 7 heteroatoms. The van der Waals surface area contributed by atoms with Gasteiger partial charge in [0.1, 0.15) is 11.8 Å². The minimum Gasteiger partial charge on any atom is -0.484 e. The minimum atomic E-state index is -0.696. The Bertz CT molecular complexity index is 933. The van der Waals surface area contributed by atoms with Gasteiger partial charge in [-0.15, -0.1) is 0 Å². The second-order valence-corrected chi connectivity index (χ2v) is 9.31. The van der Waals surface area contributed by atoms with Crippen molar-refractivity contribution in [1.29, 1.82) is 0 Å². The number of hydrogen-bond acceptors (Lipinski definition) is 3. The molecule has 1 saturated carbocycles. The van der Waals surface area contributed by atoms with Crippen molar-refractivity contribution >= 4 is 35.0 Å². The Balaban J connectivity index is 1.78. The van der Waals surface area contributed by atoms with Crippen molar-refractivity contribution in [3.05, 3.63) is 63.1 Å². The molecule has 5 nitrogen and oxygen atoms in total. The number of carbonyl (C=O) groups is 2. The highest BCUT2D eigenvalue weighted by Crippen LogP contribution is 2.27. The largest absolute Gasteiger partial charge is 0.484 e. The summed E-state index contributed by atoms with van der Waals surface area (Å²) in [5, 5.41) is 3.98. The molecule has 1 aliphatic carbocycles. The van der Waals surface area contributed by atoms with E-state index in [-0.39, 0.29) is 31.0 Å². The Morgan fingerprint density at radius 1 is 1.09 bits per heavy atom. The molecule has 32 heavy (non-hydrogen) atoms. The number of amides is 2. The highest BCUT2D eigenvalue weighted by Gasteiger charge is 2.29. The first-order valence-electron chi connectivity index (χ1n) is 11.0. The number of nitrogens with zero attached hydrogens (tertiary/aromatic N) is 1. The number of benzene rings is 2. The molecule has 0 unspecified atom stereocenters. The van der Waals surface area contributed by atoms with Gasteiger partial charge in [-0.05, 0) is 69.0 Å². The van der Waals surface area contributed by atoms with Gasteiger partial charge >= 0.3 is 0 Å². The third-order valence-electron chi connectivity index (χ3n) is 5.82. The van der Waals surface area contributed by atoms with Crippen molar-refractivity contribution < 1.29 is 14.3 Å². The number of carbonyl (C=O) groups excluding carboxylic acids is 2. The van der Waals surface area contributed by atoms with Gasteiger partial charge < -0.3 is 15.0 Å². The first kappa shape index (κ1) is 24.4. The number of nitrogens with one attached hydrogen (secondary N) is 1. The molecule has 1 aliphatic rings. The fourth-order valence-electron chi connectivity index (χ4n) is 4.07. The van der Waals surface area contributed by atoms with E-state index in [2.05, 4.69) is 5.32 Å². The molecule has 1 N–H and O–H groups in total. The fraction of sp³-hybridized carbons (Fsp3) is 0.440. The lowest BCUT2D eigenvalue weighted by atomic mass is 10.1. The van der Waals surface area contributed by atoms with Gasteiger partial charge in [-0.25, -0.2) is 0 Å². The van der Waals surface area contributed by atoms with Crippen LogP contribution in [-0.4, -0.2) is 35.4 Å². The van der Waals surface area contributed by atoms with Crippen LogP contribution < -0.4 is 10.1 Å². The summed E-state index contributed by atoms with van der Waals surface area (Å²) in [6.07, 6.45) is 4.17. The molecule has 2 aromatic carbocycles. The number of aryl methyl sites for hydroxylation is 2. The first-order valence-corrected chi connectivity index (χ1v) is 11.7. The van der Waals surface area contributed by atoms with Gasteiger partial charge in [0.15, 0.2) is 6.61 Å². The van der Waals surface area contributed by atoms with E-state index in [1.54, 1.807) is 25.1 Å². The molecule has 1 fully saturated rings. The van der Waals surface area contributed by atoms with Crippen molar-refractivity contribution in [2.24, 2.45) is 0 Å². The molecule has 0 aliphatic heterocycles. The zero-order valence-electron chi connectivity index (χ0n) is 18.8. The normalized spacial score (nSPS) is 14.8. The second-order valence-electron chi connectivity index (χ2n) is 8.50. The summed E-state index contributed by atoms with van der Waals surface area (Å²) in [4.78, 5) is 27.7. The lowest BCUT2D eigenvalue weighted by molar-refractivity contribution is -0.142. The summed E-state index contributed by atoms with van der Waals surface area (Å²) in [7, 11) is 0. The molecule has 3 rings (SSSR count). The summed E-state index contributed by atoms with van der Waals surface area (Å²) < 4.78 is 5.78. The van der Waals surface area contributed by atoms with E-state index in [4.69, 9.17) is 27.9 Å². The van der Waals surface area contributed by atoms with E-state index in [0.717, 1.165) is 36.8 Å². The van der Waals surface area contributed by atoms with Gasteiger partial charge in [0.25, 0.3) is 5.91 Å². The SMILES string of the molecule is Cc1cc(C)cc(OCC(=O)N(Cc2c(Cl)cccc2Cl)[C@H](C)C(=O)NC2CCCC2)c1. The smallest absolute Gasteiger partial charge is 0.261 e. The Morgan fingerprint density at radius 2 is 1.69 bits per heavy atom. The van der Waals surface area contributed by atoms with Crippen molar-refractivity contribution in [3.63, 3.8) is 0 Å². The Labute approximate surface area is 200 Å². The van der Waals surface area contributed by atoms with Crippen LogP contribution >= 0.6 is 23.2 Å². The maximum absolute atomic E-state index is 13.2. The number of halogens is 2. The van der Waals surface area contributed by atoms with Gasteiger partial charge in [0, 0.05) is 28.2 Å². The van der Waals surface area contributed by atoms with Crippen LogP contribution in [-0.2, 0) is 16.1 Å². The quantitative estimate of drug-likeness (QED) is 0.549. The van der Waals surface area contributed by atoms with Crippen LogP contribution in [0.1, 0.15) is 49.3 Å². The summed E-state index contributed by atoms with van der Waals surface area (Å²) in [6.45, 7) is 5.61. The third-order valence-corrected chi connectivity index (χ3v) is 6.52. The lowest BCUT2D eigenvalue weighted by Gasteiger charge is -2.30. The van der Waals surface area contributed by atoms with Gasteiger partial charge in [-0.3, -0.25) is 9.59 Å². The predicted octanol–water partition coefficient (Wildman–Crippen LogP) is 5.47. The molecule has 2 amide bonds. The number of ether oxygens (including phenoxy) is 1. The molecule has 0 aromatic heterocycles. The molecular weight excluding hydrogens is 447 g/mol. The average molecular weight is 477 g/mol.